The number of hydrogen-bond donors (Lipinski definition) is 0. The van der Waals surface area contributed by atoms with Crippen LogP contribution in [0, 0.1) is 13.8 Å². The molecule has 0 aliphatic carbocycles. The van der Waals surface area contributed by atoms with Crippen LogP contribution in [-0.4, -0.2) is 0 Å². The predicted octanol–water partition coefficient (Wildman–Crippen LogP) is 6.21. The lowest BCUT2D eigenvalue weighted by Gasteiger charge is -2.26. The lowest BCUT2D eigenvalue weighted by atomic mass is 9.78. The van der Waals surface area contributed by atoms with Crippen molar-refractivity contribution in [2.45, 2.75) is 39.7 Å². The van der Waals surface area contributed by atoms with E-state index in [1.54, 1.807) is 0 Å². The first-order valence-corrected chi connectivity index (χ1v) is 8.81. The Balaban J connectivity index is 1.72. The Morgan fingerprint density at radius 3 is 1.92 bits per heavy atom. The molecule has 0 bridgehead atoms. The molecule has 0 aliphatic heterocycles. The Bertz CT molecular complexity index is 827. The Morgan fingerprint density at radius 2 is 1.32 bits per heavy atom. The standard InChI is InChI=1S/C24H26O/c1-18-8-10-21(11-9-18)24(3,4)22-12-14-23(15-13-22)25-17-20-7-5-6-19(2)16-20/h5-16H,17H2,1-4H3. The summed E-state index contributed by atoms with van der Waals surface area (Å²) in [6.45, 7) is 9.35. The third-order valence-corrected chi connectivity index (χ3v) is 4.84. The zero-order chi connectivity index (χ0) is 17.9. The molecule has 0 aromatic heterocycles. The topological polar surface area (TPSA) is 9.23 Å². The zero-order valence-corrected chi connectivity index (χ0v) is 15.5. The molecule has 25 heavy (non-hydrogen) atoms. The van der Waals surface area contributed by atoms with Crippen molar-refractivity contribution in [2.75, 3.05) is 0 Å². The van der Waals surface area contributed by atoms with E-state index in [1.807, 2.05) is 0 Å². The molecule has 0 unspecified atom stereocenters. The summed E-state index contributed by atoms with van der Waals surface area (Å²) in [6.07, 6.45) is 0. The monoisotopic (exact) mass is 330 g/mol. The molecule has 0 saturated heterocycles. The minimum Gasteiger partial charge on any atom is -0.489 e. The van der Waals surface area contributed by atoms with E-state index in [-0.39, 0.29) is 5.41 Å². The molecule has 0 saturated carbocycles. The van der Waals surface area contributed by atoms with E-state index in [4.69, 9.17) is 4.74 Å². The summed E-state index contributed by atoms with van der Waals surface area (Å²) in [5, 5.41) is 0. The average molecular weight is 330 g/mol. The van der Waals surface area contributed by atoms with Crippen molar-refractivity contribution in [3.05, 3.63) is 101 Å². The molecule has 3 rings (SSSR count). The Hall–Kier alpha value is -2.54. The highest BCUT2D eigenvalue weighted by molar-refractivity contribution is 5.40. The summed E-state index contributed by atoms with van der Waals surface area (Å²) < 4.78 is 5.94. The molecular formula is C24H26O. The van der Waals surface area contributed by atoms with Crippen LogP contribution in [0.15, 0.2) is 72.8 Å². The van der Waals surface area contributed by atoms with Crippen LogP contribution in [0.1, 0.15) is 41.7 Å². The highest BCUT2D eigenvalue weighted by Crippen LogP contribution is 2.32. The second-order valence-electron chi connectivity index (χ2n) is 7.29. The van der Waals surface area contributed by atoms with E-state index in [9.17, 15) is 0 Å². The van der Waals surface area contributed by atoms with E-state index >= 15 is 0 Å². The lowest BCUT2D eigenvalue weighted by molar-refractivity contribution is 0.306. The first-order chi connectivity index (χ1) is 11.9. The maximum atomic E-state index is 5.94. The minimum absolute atomic E-state index is 0.0250. The van der Waals surface area contributed by atoms with E-state index in [1.165, 1.54) is 27.8 Å². The Labute approximate surface area is 151 Å². The third kappa shape index (κ3) is 4.11. The van der Waals surface area contributed by atoms with Crippen molar-refractivity contribution < 1.29 is 4.74 Å². The molecule has 128 valence electrons. The predicted molar refractivity (Wildman–Crippen MR) is 105 cm³/mol. The quantitative estimate of drug-likeness (QED) is 0.540. The minimum atomic E-state index is -0.0250. The van der Waals surface area contributed by atoms with Gasteiger partial charge in [-0.2, -0.15) is 0 Å². The first-order valence-electron chi connectivity index (χ1n) is 8.81. The molecule has 1 heteroatoms. The van der Waals surface area contributed by atoms with E-state index in [2.05, 4.69) is 100 Å². The number of aryl methyl sites for hydroxylation is 2. The van der Waals surface area contributed by atoms with E-state index in [0.29, 0.717) is 6.61 Å². The summed E-state index contributed by atoms with van der Waals surface area (Å²) in [6, 6.07) is 25.7. The molecule has 0 spiro atoms. The number of hydrogen-bond acceptors (Lipinski definition) is 1. The molecule has 0 aliphatic rings. The van der Waals surface area contributed by atoms with Crippen molar-refractivity contribution in [1.82, 2.24) is 0 Å². The van der Waals surface area contributed by atoms with Gasteiger partial charge in [-0.3, -0.25) is 0 Å². The van der Waals surface area contributed by atoms with Crippen LogP contribution in [0.4, 0.5) is 0 Å². The molecule has 0 N–H and O–H groups in total. The Morgan fingerprint density at radius 1 is 0.720 bits per heavy atom. The first kappa shape index (κ1) is 17.3. The van der Waals surface area contributed by atoms with Crippen LogP contribution in [-0.2, 0) is 12.0 Å². The van der Waals surface area contributed by atoms with Gasteiger partial charge in [-0.05, 0) is 42.7 Å². The van der Waals surface area contributed by atoms with Gasteiger partial charge in [-0.1, -0.05) is 85.6 Å². The molecule has 3 aromatic rings. The summed E-state index contributed by atoms with van der Waals surface area (Å²) in [5.41, 5.74) is 6.34. The van der Waals surface area contributed by atoms with Gasteiger partial charge in [0.1, 0.15) is 12.4 Å². The van der Waals surface area contributed by atoms with E-state index in [0.717, 1.165) is 5.75 Å². The number of ether oxygens (including phenoxy) is 1. The SMILES string of the molecule is Cc1ccc(C(C)(C)c2ccc(OCc3cccc(C)c3)cc2)cc1. The highest BCUT2D eigenvalue weighted by Gasteiger charge is 2.22. The molecule has 0 heterocycles. The van der Waals surface area contributed by atoms with Gasteiger partial charge in [-0.15, -0.1) is 0 Å². The fourth-order valence-corrected chi connectivity index (χ4v) is 3.07. The van der Waals surface area contributed by atoms with Crippen molar-refractivity contribution >= 4 is 0 Å². The largest absolute Gasteiger partial charge is 0.489 e. The molecule has 0 amide bonds. The molecular weight excluding hydrogens is 304 g/mol. The van der Waals surface area contributed by atoms with Crippen LogP contribution in [0.5, 0.6) is 5.75 Å². The molecule has 1 nitrogen and oxygen atoms in total. The smallest absolute Gasteiger partial charge is 0.119 e. The summed E-state index contributed by atoms with van der Waals surface area (Å²) in [4.78, 5) is 0. The lowest BCUT2D eigenvalue weighted by Crippen LogP contribution is -2.18. The average Bonchev–Trinajstić information content (AvgIpc) is 2.61. The fourth-order valence-electron chi connectivity index (χ4n) is 3.07. The molecule has 3 aromatic carbocycles. The molecule has 0 radical (unpaired) electrons. The van der Waals surface area contributed by atoms with Crippen molar-refractivity contribution in [3.63, 3.8) is 0 Å². The van der Waals surface area contributed by atoms with Crippen LogP contribution < -0.4 is 4.74 Å². The van der Waals surface area contributed by atoms with Gasteiger partial charge < -0.3 is 4.74 Å². The van der Waals surface area contributed by atoms with Crippen LogP contribution in [0.25, 0.3) is 0 Å². The van der Waals surface area contributed by atoms with Gasteiger partial charge in [-0.25, -0.2) is 0 Å². The van der Waals surface area contributed by atoms with Crippen molar-refractivity contribution in [3.8, 4) is 5.75 Å². The van der Waals surface area contributed by atoms with E-state index < -0.39 is 0 Å². The summed E-state index contributed by atoms with van der Waals surface area (Å²) >= 11 is 0. The van der Waals surface area contributed by atoms with Gasteiger partial charge in [0.25, 0.3) is 0 Å². The zero-order valence-electron chi connectivity index (χ0n) is 15.5. The van der Waals surface area contributed by atoms with Gasteiger partial charge in [0.15, 0.2) is 0 Å². The van der Waals surface area contributed by atoms with Gasteiger partial charge >= 0.3 is 0 Å². The maximum Gasteiger partial charge on any atom is 0.119 e. The maximum absolute atomic E-state index is 5.94. The normalized spacial score (nSPS) is 11.4. The van der Waals surface area contributed by atoms with Gasteiger partial charge in [0, 0.05) is 5.41 Å². The number of benzene rings is 3. The van der Waals surface area contributed by atoms with Crippen molar-refractivity contribution in [2.24, 2.45) is 0 Å². The van der Waals surface area contributed by atoms with Crippen molar-refractivity contribution in [1.29, 1.82) is 0 Å². The van der Waals surface area contributed by atoms with Crippen LogP contribution in [0.3, 0.4) is 0 Å². The molecule has 0 fully saturated rings. The Kier molecular flexibility index (Phi) is 4.94. The fraction of sp³-hybridized carbons (Fsp3) is 0.250. The molecule has 0 atom stereocenters. The summed E-state index contributed by atoms with van der Waals surface area (Å²) in [5.74, 6) is 0.907. The van der Waals surface area contributed by atoms with Gasteiger partial charge in [0.05, 0.1) is 0 Å². The highest BCUT2D eigenvalue weighted by atomic mass is 16.5. The van der Waals surface area contributed by atoms with Crippen LogP contribution in [0.2, 0.25) is 0 Å². The number of rotatable bonds is 5. The second-order valence-corrected chi connectivity index (χ2v) is 7.29. The van der Waals surface area contributed by atoms with Gasteiger partial charge in [0.2, 0.25) is 0 Å². The second kappa shape index (κ2) is 7.14. The third-order valence-electron chi connectivity index (χ3n) is 4.84. The summed E-state index contributed by atoms with van der Waals surface area (Å²) in [7, 11) is 0. The van der Waals surface area contributed by atoms with Crippen LogP contribution >= 0.6 is 0 Å².